The lowest BCUT2D eigenvalue weighted by molar-refractivity contribution is -0.139. The Balaban J connectivity index is 1.42. The van der Waals surface area contributed by atoms with E-state index in [2.05, 4.69) is 28.4 Å². The molecule has 0 atom stereocenters. The number of rotatable bonds is 6. The van der Waals surface area contributed by atoms with Crippen molar-refractivity contribution in [3.8, 4) is 0 Å². The second-order valence-electron chi connectivity index (χ2n) is 9.80. The second kappa shape index (κ2) is 9.91. The van der Waals surface area contributed by atoms with Crippen LogP contribution in [0.2, 0.25) is 5.02 Å². The molecule has 0 aliphatic carbocycles. The Bertz CT molecular complexity index is 1070. The zero-order valence-corrected chi connectivity index (χ0v) is 21.7. The highest BCUT2D eigenvalue weighted by Crippen LogP contribution is 2.35. The highest BCUT2D eigenvalue weighted by molar-refractivity contribution is 6.32. The third-order valence-corrected chi connectivity index (χ3v) is 7.45. The van der Waals surface area contributed by atoms with Gasteiger partial charge in [-0.25, -0.2) is 4.98 Å². The van der Waals surface area contributed by atoms with Gasteiger partial charge in [-0.05, 0) is 33.0 Å². The van der Waals surface area contributed by atoms with Crippen LogP contribution in [0.25, 0.3) is 0 Å². The van der Waals surface area contributed by atoms with Crippen LogP contribution >= 0.6 is 11.6 Å². The molecule has 10 heteroatoms. The monoisotopic (exact) mass is 498 g/mol. The van der Waals surface area contributed by atoms with Gasteiger partial charge in [-0.15, -0.1) is 0 Å². The van der Waals surface area contributed by atoms with Crippen LogP contribution in [0, 0.1) is 5.92 Å². The number of carbonyl (C=O) groups excluding carboxylic acids is 1. The predicted octanol–water partition coefficient (Wildman–Crippen LogP) is 2.25. The standard InChI is InChI=1S/C25H35ClN8O/c1-18-8-6-7-9-34(18)21(14-27)25(2,3)31(5)23(35)19-16-33(17-19)22-20(26)15-28-24(29-22)32-12-10-30(4)11-13-32/h6-9,14-15,19H,1,10-13,16-17,27H2,2-5H3/b21-14-. The normalized spacial score (nSPS) is 19.9. The van der Waals surface area contributed by atoms with Crippen molar-refractivity contribution >= 4 is 29.3 Å². The highest BCUT2D eigenvalue weighted by atomic mass is 35.5. The third-order valence-electron chi connectivity index (χ3n) is 7.19. The Morgan fingerprint density at radius 1 is 1.23 bits per heavy atom. The molecule has 0 radical (unpaired) electrons. The summed E-state index contributed by atoms with van der Waals surface area (Å²) in [7, 11) is 3.94. The summed E-state index contributed by atoms with van der Waals surface area (Å²) < 4.78 is 0. The molecule has 9 nitrogen and oxygen atoms in total. The molecule has 0 unspecified atom stereocenters. The number of hydrogen-bond donors (Lipinski definition) is 1. The summed E-state index contributed by atoms with van der Waals surface area (Å²) in [5.74, 6) is 1.27. The first kappa shape index (κ1) is 25.1. The van der Waals surface area contributed by atoms with E-state index >= 15 is 0 Å². The number of aromatic nitrogens is 2. The number of halogens is 1. The molecule has 0 spiro atoms. The van der Waals surface area contributed by atoms with Gasteiger partial charge in [-0.2, -0.15) is 4.98 Å². The van der Waals surface area contributed by atoms with Crippen LogP contribution in [0.1, 0.15) is 13.8 Å². The van der Waals surface area contributed by atoms with Crippen LogP contribution in [0.15, 0.2) is 54.8 Å². The van der Waals surface area contributed by atoms with E-state index in [0.29, 0.717) is 29.9 Å². The van der Waals surface area contributed by atoms with Crippen molar-refractivity contribution in [2.45, 2.75) is 19.4 Å². The molecule has 1 aromatic rings. The van der Waals surface area contributed by atoms with E-state index in [-0.39, 0.29) is 11.8 Å². The first-order valence-corrected chi connectivity index (χ1v) is 12.2. The van der Waals surface area contributed by atoms with Crippen LogP contribution < -0.4 is 15.5 Å². The number of anilines is 2. The SMILES string of the molecule is C=C1C=CC=CN1/C(=C\N)C(C)(C)N(C)C(=O)C1CN(c2nc(N3CCN(C)CC3)ncc2Cl)C1. The van der Waals surface area contributed by atoms with Gasteiger partial charge >= 0.3 is 0 Å². The Morgan fingerprint density at radius 2 is 1.91 bits per heavy atom. The summed E-state index contributed by atoms with van der Waals surface area (Å²) in [4.78, 5) is 32.8. The molecule has 4 heterocycles. The van der Waals surface area contributed by atoms with Crippen LogP contribution in [0.4, 0.5) is 11.8 Å². The van der Waals surface area contributed by atoms with Gasteiger partial charge < -0.3 is 30.2 Å². The average molecular weight is 499 g/mol. The van der Waals surface area contributed by atoms with Crippen molar-refractivity contribution in [2.24, 2.45) is 11.7 Å². The molecule has 2 N–H and O–H groups in total. The molecule has 1 amide bonds. The summed E-state index contributed by atoms with van der Waals surface area (Å²) in [6.45, 7) is 12.9. The molecule has 2 fully saturated rings. The quantitative estimate of drug-likeness (QED) is 0.639. The molecule has 188 valence electrons. The summed E-state index contributed by atoms with van der Waals surface area (Å²) in [6, 6.07) is 0. The van der Waals surface area contributed by atoms with E-state index in [4.69, 9.17) is 22.3 Å². The second-order valence-corrected chi connectivity index (χ2v) is 10.2. The maximum absolute atomic E-state index is 13.4. The maximum atomic E-state index is 13.4. The zero-order valence-electron chi connectivity index (χ0n) is 21.0. The van der Waals surface area contributed by atoms with Gasteiger partial charge in [0.05, 0.1) is 23.4 Å². The summed E-state index contributed by atoms with van der Waals surface area (Å²) in [6.07, 6.45) is 10.9. The Hall–Kier alpha value is -3.04. The number of nitrogens with zero attached hydrogens (tertiary/aromatic N) is 7. The van der Waals surface area contributed by atoms with Gasteiger partial charge in [-0.1, -0.05) is 24.3 Å². The number of piperazine rings is 1. The van der Waals surface area contributed by atoms with E-state index < -0.39 is 5.54 Å². The third kappa shape index (κ3) is 4.88. The van der Waals surface area contributed by atoms with E-state index in [1.165, 1.54) is 0 Å². The maximum Gasteiger partial charge on any atom is 0.229 e. The minimum Gasteiger partial charge on any atom is -0.403 e. The molecule has 35 heavy (non-hydrogen) atoms. The van der Waals surface area contributed by atoms with Gasteiger partial charge in [0.1, 0.15) is 5.02 Å². The van der Waals surface area contributed by atoms with Crippen molar-refractivity contribution in [1.82, 2.24) is 24.7 Å². The lowest BCUT2D eigenvalue weighted by Gasteiger charge is -2.46. The average Bonchev–Trinajstić information content (AvgIpc) is 2.81. The summed E-state index contributed by atoms with van der Waals surface area (Å²) in [5.41, 5.74) is 6.96. The first-order chi connectivity index (χ1) is 16.6. The van der Waals surface area contributed by atoms with Crippen molar-refractivity contribution < 1.29 is 4.79 Å². The summed E-state index contributed by atoms with van der Waals surface area (Å²) in [5, 5.41) is 0.499. The van der Waals surface area contributed by atoms with Crippen LogP contribution in [-0.4, -0.2) is 89.5 Å². The summed E-state index contributed by atoms with van der Waals surface area (Å²) >= 11 is 6.45. The zero-order chi connectivity index (χ0) is 25.3. The molecule has 3 aliphatic rings. The Kier molecular flexibility index (Phi) is 7.10. The van der Waals surface area contributed by atoms with Crippen molar-refractivity contribution in [2.75, 3.05) is 63.2 Å². The lowest BCUT2D eigenvalue weighted by atomic mass is 9.92. The molecule has 0 saturated carbocycles. The van der Waals surface area contributed by atoms with Crippen LogP contribution in [-0.2, 0) is 4.79 Å². The van der Waals surface area contributed by atoms with E-state index in [1.807, 2.05) is 55.1 Å². The van der Waals surface area contributed by atoms with Gasteiger partial charge in [0.25, 0.3) is 0 Å². The molecule has 3 aliphatic heterocycles. The van der Waals surface area contributed by atoms with Gasteiger partial charge in [0.15, 0.2) is 5.82 Å². The highest BCUT2D eigenvalue weighted by Gasteiger charge is 2.42. The number of likely N-dealkylation sites (N-methyl/N-ethyl adjacent to an activating group) is 2. The molecular formula is C25H35ClN8O. The van der Waals surface area contributed by atoms with E-state index in [9.17, 15) is 4.79 Å². The fourth-order valence-electron chi connectivity index (χ4n) is 4.55. The largest absolute Gasteiger partial charge is 0.403 e. The predicted molar refractivity (Wildman–Crippen MR) is 141 cm³/mol. The minimum absolute atomic E-state index is 0.0530. The van der Waals surface area contributed by atoms with Gasteiger partial charge in [-0.3, -0.25) is 4.79 Å². The van der Waals surface area contributed by atoms with Gasteiger partial charge in [0.2, 0.25) is 11.9 Å². The smallest absolute Gasteiger partial charge is 0.229 e. The Morgan fingerprint density at radius 3 is 2.54 bits per heavy atom. The number of carbonyl (C=O) groups is 1. The molecule has 0 bridgehead atoms. The molecule has 0 aromatic carbocycles. The van der Waals surface area contributed by atoms with Crippen LogP contribution in [0.3, 0.4) is 0 Å². The van der Waals surface area contributed by atoms with Crippen molar-refractivity contribution in [3.05, 3.63) is 59.8 Å². The van der Waals surface area contributed by atoms with E-state index in [1.54, 1.807) is 17.3 Å². The molecule has 2 saturated heterocycles. The topological polar surface area (TPSA) is 85.1 Å². The number of hydrogen-bond acceptors (Lipinski definition) is 8. The fraction of sp³-hybridized carbons (Fsp3) is 0.480. The molecule has 4 rings (SSSR count). The Labute approximate surface area is 212 Å². The molecule has 1 aromatic heterocycles. The van der Waals surface area contributed by atoms with Crippen LogP contribution in [0.5, 0.6) is 0 Å². The van der Waals surface area contributed by atoms with Crippen molar-refractivity contribution in [3.63, 3.8) is 0 Å². The minimum atomic E-state index is -0.647. The molecular weight excluding hydrogens is 464 g/mol. The lowest BCUT2D eigenvalue weighted by Crippen LogP contribution is -2.59. The first-order valence-electron chi connectivity index (χ1n) is 11.9. The fourth-order valence-corrected chi connectivity index (χ4v) is 4.76. The number of allylic oxidation sites excluding steroid dienone is 3. The van der Waals surface area contributed by atoms with Crippen molar-refractivity contribution in [1.29, 1.82) is 0 Å². The van der Waals surface area contributed by atoms with E-state index in [0.717, 1.165) is 37.6 Å². The van der Waals surface area contributed by atoms with Gasteiger partial charge in [0, 0.05) is 64.4 Å². The number of amides is 1. The number of nitrogens with two attached hydrogens (primary N) is 1.